The largest absolute Gasteiger partial charge is 0.497 e. The molecule has 0 saturated heterocycles. The molecule has 4 nitrogen and oxygen atoms in total. The van der Waals surface area contributed by atoms with Gasteiger partial charge in [-0.05, 0) is 18.7 Å². The molecule has 0 radical (unpaired) electrons. The lowest BCUT2D eigenvalue weighted by Crippen LogP contribution is -2.04. The van der Waals surface area contributed by atoms with E-state index in [1.807, 2.05) is 24.3 Å². The SMILES string of the molecule is COc1cccc(-c2nc[nH]c2CCN)c1. The molecule has 0 aliphatic heterocycles. The highest BCUT2D eigenvalue weighted by atomic mass is 16.5. The molecule has 4 heteroatoms. The van der Waals surface area contributed by atoms with Crippen molar-refractivity contribution in [2.75, 3.05) is 13.7 Å². The van der Waals surface area contributed by atoms with E-state index in [1.54, 1.807) is 13.4 Å². The average Bonchev–Trinajstić information content (AvgIpc) is 2.78. The van der Waals surface area contributed by atoms with Crippen molar-refractivity contribution in [3.05, 3.63) is 36.3 Å². The first kappa shape index (κ1) is 10.7. The predicted molar refractivity (Wildman–Crippen MR) is 63.3 cm³/mol. The van der Waals surface area contributed by atoms with Crippen LogP contribution in [0.2, 0.25) is 0 Å². The second-order valence-corrected chi connectivity index (χ2v) is 3.50. The molecular formula is C12H15N3O. The summed E-state index contributed by atoms with van der Waals surface area (Å²) in [4.78, 5) is 7.42. The van der Waals surface area contributed by atoms with E-state index in [1.165, 1.54) is 0 Å². The molecule has 0 spiro atoms. The maximum absolute atomic E-state index is 5.55. The Morgan fingerprint density at radius 1 is 1.44 bits per heavy atom. The summed E-state index contributed by atoms with van der Waals surface area (Å²) in [5.74, 6) is 0.833. The minimum Gasteiger partial charge on any atom is -0.497 e. The lowest BCUT2D eigenvalue weighted by atomic mass is 10.1. The minimum atomic E-state index is 0.610. The van der Waals surface area contributed by atoms with E-state index in [4.69, 9.17) is 10.5 Å². The van der Waals surface area contributed by atoms with Crippen molar-refractivity contribution in [3.8, 4) is 17.0 Å². The van der Waals surface area contributed by atoms with E-state index in [2.05, 4.69) is 9.97 Å². The van der Waals surface area contributed by atoms with Crippen molar-refractivity contribution in [3.63, 3.8) is 0 Å². The lowest BCUT2D eigenvalue weighted by molar-refractivity contribution is 0.415. The summed E-state index contributed by atoms with van der Waals surface area (Å²) in [6.45, 7) is 0.610. The molecule has 2 aromatic rings. The first-order chi connectivity index (χ1) is 7.85. The normalized spacial score (nSPS) is 10.4. The smallest absolute Gasteiger partial charge is 0.119 e. The number of H-pyrrole nitrogens is 1. The van der Waals surface area contributed by atoms with Crippen LogP contribution in [0.25, 0.3) is 11.3 Å². The molecule has 0 aliphatic carbocycles. The summed E-state index contributed by atoms with van der Waals surface area (Å²) >= 11 is 0. The highest BCUT2D eigenvalue weighted by molar-refractivity contribution is 5.63. The van der Waals surface area contributed by atoms with Gasteiger partial charge in [-0.2, -0.15) is 0 Å². The molecular weight excluding hydrogens is 202 g/mol. The van der Waals surface area contributed by atoms with Gasteiger partial charge in [0.1, 0.15) is 5.75 Å². The van der Waals surface area contributed by atoms with Gasteiger partial charge >= 0.3 is 0 Å². The number of hydrogen-bond donors (Lipinski definition) is 2. The van der Waals surface area contributed by atoms with E-state index in [9.17, 15) is 0 Å². The number of rotatable bonds is 4. The van der Waals surface area contributed by atoms with Gasteiger partial charge < -0.3 is 15.5 Å². The standard InChI is InChI=1S/C12H15N3O/c1-16-10-4-2-3-9(7-10)12-11(5-6-13)14-8-15-12/h2-4,7-8H,5-6,13H2,1H3,(H,14,15). The van der Waals surface area contributed by atoms with Gasteiger partial charge in [0.25, 0.3) is 0 Å². The molecule has 3 N–H and O–H groups in total. The van der Waals surface area contributed by atoms with Gasteiger partial charge in [-0.15, -0.1) is 0 Å². The molecule has 0 atom stereocenters. The Hall–Kier alpha value is -1.81. The number of nitrogens with one attached hydrogen (secondary N) is 1. The van der Waals surface area contributed by atoms with Gasteiger partial charge in [-0.1, -0.05) is 12.1 Å². The summed E-state index contributed by atoms with van der Waals surface area (Å²) in [6, 6.07) is 7.85. The molecule has 0 fully saturated rings. The van der Waals surface area contributed by atoms with Crippen molar-refractivity contribution in [2.24, 2.45) is 5.73 Å². The van der Waals surface area contributed by atoms with Crippen LogP contribution in [0.3, 0.4) is 0 Å². The fourth-order valence-corrected chi connectivity index (χ4v) is 1.68. The maximum Gasteiger partial charge on any atom is 0.119 e. The van der Waals surface area contributed by atoms with Crippen LogP contribution in [0.4, 0.5) is 0 Å². The molecule has 0 aliphatic rings. The quantitative estimate of drug-likeness (QED) is 0.817. The second kappa shape index (κ2) is 4.81. The maximum atomic E-state index is 5.55. The number of benzene rings is 1. The number of aromatic nitrogens is 2. The van der Waals surface area contributed by atoms with Crippen LogP contribution in [-0.2, 0) is 6.42 Å². The number of methoxy groups -OCH3 is 1. The van der Waals surface area contributed by atoms with E-state index in [-0.39, 0.29) is 0 Å². The third-order valence-corrected chi connectivity index (χ3v) is 2.46. The van der Waals surface area contributed by atoms with E-state index >= 15 is 0 Å². The zero-order valence-electron chi connectivity index (χ0n) is 9.23. The predicted octanol–water partition coefficient (Wildman–Crippen LogP) is 1.59. The van der Waals surface area contributed by atoms with Crippen molar-refractivity contribution >= 4 is 0 Å². The summed E-state index contributed by atoms with van der Waals surface area (Å²) in [6.07, 6.45) is 2.49. The first-order valence-corrected chi connectivity index (χ1v) is 5.22. The molecule has 1 aromatic carbocycles. The molecule has 0 unspecified atom stereocenters. The molecule has 84 valence electrons. The number of ether oxygens (including phenoxy) is 1. The summed E-state index contributed by atoms with van der Waals surface area (Å²) in [7, 11) is 1.66. The van der Waals surface area contributed by atoms with Gasteiger partial charge in [0.15, 0.2) is 0 Å². The third-order valence-electron chi connectivity index (χ3n) is 2.46. The summed E-state index contributed by atoms with van der Waals surface area (Å²) in [5.41, 5.74) is 8.61. The molecule has 2 rings (SSSR count). The fourth-order valence-electron chi connectivity index (χ4n) is 1.68. The van der Waals surface area contributed by atoms with Gasteiger partial charge in [0.05, 0.1) is 19.1 Å². The van der Waals surface area contributed by atoms with Crippen molar-refractivity contribution in [1.82, 2.24) is 9.97 Å². The van der Waals surface area contributed by atoms with Crippen molar-refractivity contribution in [1.29, 1.82) is 0 Å². The van der Waals surface area contributed by atoms with Crippen molar-refractivity contribution in [2.45, 2.75) is 6.42 Å². The Morgan fingerprint density at radius 3 is 3.06 bits per heavy atom. The number of nitrogens with two attached hydrogens (primary N) is 1. The zero-order chi connectivity index (χ0) is 11.4. The Balaban J connectivity index is 2.37. The molecule has 16 heavy (non-hydrogen) atoms. The summed E-state index contributed by atoms with van der Waals surface area (Å²) < 4.78 is 5.19. The monoisotopic (exact) mass is 217 g/mol. The van der Waals surface area contributed by atoms with Gasteiger partial charge in [0, 0.05) is 17.7 Å². The van der Waals surface area contributed by atoms with Gasteiger partial charge in [-0.3, -0.25) is 0 Å². The van der Waals surface area contributed by atoms with Crippen LogP contribution in [-0.4, -0.2) is 23.6 Å². The van der Waals surface area contributed by atoms with Gasteiger partial charge in [0.2, 0.25) is 0 Å². The number of imidazole rings is 1. The van der Waals surface area contributed by atoms with Crippen LogP contribution < -0.4 is 10.5 Å². The Morgan fingerprint density at radius 2 is 2.31 bits per heavy atom. The first-order valence-electron chi connectivity index (χ1n) is 5.22. The number of aromatic amines is 1. The van der Waals surface area contributed by atoms with Crippen LogP contribution >= 0.6 is 0 Å². The third kappa shape index (κ3) is 2.06. The highest BCUT2D eigenvalue weighted by Gasteiger charge is 2.07. The Labute approximate surface area is 94.5 Å². The van der Waals surface area contributed by atoms with Crippen molar-refractivity contribution < 1.29 is 4.74 Å². The molecule has 0 saturated carbocycles. The molecule has 0 bridgehead atoms. The number of hydrogen-bond acceptors (Lipinski definition) is 3. The van der Waals surface area contributed by atoms with Crippen LogP contribution in [0.1, 0.15) is 5.69 Å². The second-order valence-electron chi connectivity index (χ2n) is 3.50. The van der Waals surface area contributed by atoms with Crippen LogP contribution in [0, 0.1) is 0 Å². The molecule has 1 aromatic heterocycles. The summed E-state index contributed by atoms with van der Waals surface area (Å²) in [5, 5.41) is 0. The average molecular weight is 217 g/mol. The Bertz CT molecular complexity index is 465. The van der Waals surface area contributed by atoms with Crippen LogP contribution in [0.5, 0.6) is 5.75 Å². The molecule has 0 amide bonds. The molecule has 1 heterocycles. The zero-order valence-corrected chi connectivity index (χ0v) is 9.23. The highest BCUT2D eigenvalue weighted by Crippen LogP contribution is 2.24. The van der Waals surface area contributed by atoms with E-state index in [0.717, 1.165) is 29.1 Å². The topological polar surface area (TPSA) is 63.9 Å². The number of nitrogens with zero attached hydrogens (tertiary/aromatic N) is 1. The minimum absolute atomic E-state index is 0.610. The van der Waals surface area contributed by atoms with Crippen LogP contribution in [0.15, 0.2) is 30.6 Å². The lowest BCUT2D eigenvalue weighted by Gasteiger charge is -2.04. The Kier molecular flexibility index (Phi) is 3.22. The van der Waals surface area contributed by atoms with Gasteiger partial charge in [-0.25, -0.2) is 4.98 Å². The van der Waals surface area contributed by atoms with E-state index in [0.29, 0.717) is 6.54 Å². The fraction of sp³-hybridized carbons (Fsp3) is 0.250. The van der Waals surface area contributed by atoms with E-state index < -0.39 is 0 Å².